The van der Waals surface area contributed by atoms with Gasteiger partial charge < -0.3 is 10.5 Å². The quantitative estimate of drug-likeness (QED) is 0.870. The number of hydrogen-bond donors (Lipinski definition) is 1. The van der Waals surface area contributed by atoms with Crippen molar-refractivity contribution in [1.82, 2.24) is 15.2 Å². The highest BCUT2D eigenvalue weighted by Crippen LogP contribution is 2.26. The van der Waals surface area contributed by atoms with Crippen LogP contribution >= 0.6 is 11.6 Å². The molecule has 5 nitrogen and oxygen atoms in total. The summed E-state index contributed by atoms with van der Waals surface area (Å²) in [7, 11) is 0. The maximum Gasteiger partial charge on any atom is 0.341 e. The molecule has 0 atom stereocenters. The van der Waals surface area contributed by atoms with Gasteiger partial charge in [0.2, 0.25) is 0 Å². The van der Waals surface area contributed by atoms with Crippen LogP contribution in [0.1, 0.15) is 25.2 Å². The van der Waals surface area contributed by atoms with E-state index in [0.717, 1.165) is 24.2 Å². The number of halogens is 1. The molecule has 0 aliphatic carbocycles. The van der Waals surface area contributed by atoms with Gasteiger partial charge in [-0.2, -0.15) is 4.98 Å². The lowest BCUT2D eigenvalue weighted by molar-refractivity contribution is 0.428. The monoisotopic (exact) mass is 278 g/mol. The predicted octanol–water partition coefficient (Wildman–Crippen LogP) is 3.02. The molecule has 1 aromatic heterocycles. The van der Waals surface area contributed by atoms with E-state index in [1.807, 2.05) is 13.8 Å². The summed E-state index contributed by atoms with van der Waals surface area (Å²) in [6.07, 6.45) is 1.59. The molecular formula is C13H15ClN4O. The van der Waals surface area contributed by atoms with Gasteiger partial charge in [0.25, 0.3) is 0 Å². The lowest BCUT2D eigenvalue weighted by Gasteiger charge is -2.07. The molecule has 0 saturated heterocycles. The minimum atomic E-state index is 0.217. The molecule has 0 amide bonds. The average Bonchev–Trinajstić information content (AvgIpc) is 2.43. The highest BCUT2D eigenvalue weighted by Gasteiger charge is 2.08. The highest BCUT2D eigenvalue weighted by atomic mass is 35.5. The zero-order chi connectivity index (χ0) is 13.8. The predicted molar refractivity (Wildman–Crippen MR) is 74.5 cm³/mol. The van der Waals surface area contributed by atoms with Gasteiger partial charge in [0.15, 0.2) is 0 Å². The van der Waals surface area contributed by atoms with Gasteiger partial charge in [-0.15, -0.1) is 5.10 Å². The lowest BCUT2D eigenvalue weighted by Crippen LogP contribution is -2.04. The minimum absolute atomic E-state index is 0.217. The van der Waals surface area contributed by atoms with Gasteiger partial charge in [-0.05, 0) is 25.0 Å². The summed E-state index contributed by atoms with van der Waals surface area (Å²) in [5.41, 5.74) is 7.93. The molecule has 0 radical (unpaired) electrons. The summed E-state index contributed by atoms with van der Waals surface area (Å²) in [6, 6.07) is 5.23. The molecule has 0 aliphatic rings. The average molecular weight is 279 g/mol. The third kappa shape index (κ3) is 3.12. The number of nitrogen functional groups attached to an aromatic ring is 1. The van der Waals surface area contributed by atoms with Crippen LogP contribution in [0.3, 0.4) is 0 Å². The Morgan fingerprint density at radius 2 is 1.89 bits per heavy atom. The Kier molecular flexibility index (Phi) is 4.16. The number of anilines is 1. The number of ether oxygens (including phenoxy) is 1. The first-order valence-electron chi connectivity index (χ1n) is 6.09. The third-order valence-corrected chi connectivity index (χ3v) is 3.00. The smallest absolute Gasteiger partial charge is 0.341 e. The number of nitrogens with two attached hydrogens (primary N) is 1. The van der Waals surface area contributed by atoms with Crippen molar-refractivity contribution in [3.63, 3.8) is 0 Å². The Morgan fingerprint density at radius 1 is 1.16 bits per heavy atom. The molecule has 0 unspecified atom stereocenters. The standard InChI is InChI=1S/C13H15ClN4O/c1-3-11-12(4-2)17-18-13(16-11)19-8-5-6-10(15)9(14)7-8/h5-7H,3-4,15H2,1-2H3. The van der Waals surface area contributed by atoms with Crippen molar-refractivity contribution >= 4 is 17.3 Å². The van der Waals surface area contributed by atoms with Gasteiger partial charge in [0, 0.05) is 6.07 Å². The summed E-state index contributed by atoms with van der Waals surface area (Å²) < 4.78 is 5.53. The summed E-state index contributed by atoms with van der Waals surface area (Å²) in [5, 5.41) is 8.49. The summed E-state index contributed by atoms with van der Waals surface area (Å²) in [4.78, 5) is 4.34. The zero-order valence-corrected chi connectivity index (χ0v) is 11.6. The van der Waals surface area contributed by atoms with Crippen molar-refractivity contribution < 1.29 is 4.74 Å². The molecule has 0 saturated carbocycles. The van der Waals surface area contributed by atoms with Gasteiger partial charge in [-0.25, -0.2) is 0 Å². The number of aryl methyl sites for hydroxylation is 2. The van der Waals surface area contributed by atoms with Gasteiger partial charge in [-0.1, -0.05) is 30.5 Å². The Bertz CT molecular complexity index is 589. The first-order valence-corrected chi connectivity index (χ1v) is 6.47. The third-order valence-electron chi connectivity index (χ3n) is 2.67. The maximum atomic E-state index is 5.92. The first-order chi connectivity index (χ1) is 9.13. The molecule has 0 fully saturated rings. The van der Waals surface area contributed by atoms with E-state index in [-0.39, 0.29) is 6.01 Å². The summed E-state index contributed by atoms with van der Waals surface area (Å²) in [5.74, 6) is 0.535. The number of hydrogen-bond acceptors (Lipinski definition) is 5. The molecule has 2 rings (SSSR count). The normalized spacial score (nSPS) is 10.5. The maximum absolute atomic E-state index is 5.92. The molecule has 0 aliphatic heterocycles. The molecule has 1 heterocycles. The Hall–Kier alpha value is -1.88. The van der Waals surface area contributed by atoms with Crippen LogP contribution < -0.4 is 10.5 Å². The molecular weight excluding hydrogens is 264 g/mol. The van der Waals surface area contributed by atoms with Crippen LogP contribution in [-0.4, -0.2) is 15.2 Å². The molecule has 100 valence electrons. The van der Waals surface area contributed by atoms with Crippen LogP contribution in [0.15, 0.2) is 18.2 Å². The van der Waals surface area contributed by atoms with Crippen LogP contribution in [0.2, 0.25) is 5.02 Å². The van der Waals surface area contributed by atoms with Crippen molar-refractivity contribution in [1.29, 1.82) is 0 Å². The fourth-order valence-corrected chi connectivity index (χ4v) is 1.81. The van der Waals surface area contributed by atoms with Gasteiger partial charge in [0.1, 0.15) is 5.75 Å². The van der Waals surface area contributed by atoms with Gasteiger partial charge >= 0.3 is 6.01 Å². The SMILES string of the molecule is CCc1nnc(Oc2ccc(N)c(Cl)c2)nc1CC. The van der Waals surface area contributed by atoms with Gasteiger partial charge in [-0.3, -0.25) is 0 Å². The van der Waals surface area contributed by atoms with Crippen molar-refractivity contribution in [3.05, 3.63) is 34.6 Å². The number of benzene rings is 1. The van der Waals surface area contributed by atoms with Crippen LogP contribution in [0.4, 0.5) is 5.69 Å². The second-order valence-corrected chi connectivity index (χ2v) is 4.39. The number of aromatic nitrogens is 3. The number of nitrogens with zero attached hydrogens (tertiary/aromatic N) is 3. The molecule has 2 aromatic rings. The van der Waals surface area contributed by atoms with Crippen LogP contribution in [-0.2, 0) is 12.8 Å². The fourth-order valence-electron chi connectivity index (χ4n) is 1.64. The van der Waals surface area contributed by atoms with E-state index in [9.17, 15) is 0 Å². The van der Waals surface area contributed by atoms with Crippen molar-refractivity contribution in [2.45, 2.75) is 26.7 Å². The molecule has 0 spiro atoms. The summed E-state index contributed by atoms with van der Waals surface area (Å²) >= 11 is 5.92. The molecule has 6 heteroatoms. The van der Waals surface area contributed by atoms with Crippen LogP contribution in [0.5, 0.6) is 11.8 Å². The molecule has 1 aromatic carbocycles. The Morgan fingerprint density at radius 3 is 2.53 bits per heavy atom. The minimum Gasteiger partial charge on any atom is -0.423 e. The van der Waals surface area contributed by atoms with E-state index in [2.05, 4.69) is 15.2 Å². The molecule has 0 bridgehead atoms. The van der Waals surface area contributed by atoms with Crippen molar-refractivity contribution in [3.8, 4) is 11.8 Å². The highest BCUT2D eigenvalue weighted by molar-refractivity contribution is 6.33. The fraction of sp³-hybridized carbons (Fsp3) is 0.308. The largest absolute Gasteiger partial charge is 0.423 e. The second-order valence-electron chi connectivity index (χ2n) is 3.98. The Balaban J connectivity index is 2.25. The topological polar surface area (TPSA) is 73.9 Å². The number of rotatable bonds is 4. The first kappa shape index (κ1) is 13.5. The summed E-state index contributed by atoms with van der Waals surface area (Å²) in [6.45, 7) is 4.04. The van der Waals surface area contributed by atoms with E-state index in [4.69, 9.17) is 22.1 Å². The van der Waals surface area contributed by atoms with E-state index in [1.165, 1.54) is 0 Å². The lowest BCUT2D eigenvalue weighted by atomic mass is 10.2. The zero-order valence-electron chi connectivity index (χ0n) is 10.9. The molecule has 2 N–H and O–H groups in total. The van der Waals surface area contributed by atoms with Crippen LogP contribution in [0.25, 0.3) is 0 Å². The van der Waals surface area contributed by atoms with E-state index in [0.29, 0.717) is 16.5 Å². The van der Waals surface area contributed by atoms with Gasteiger partial charge in [0.05, 0.1) is 22.1 Å². The van der Waals surface area contributed by atoms with E-state index >= 15 is 0 Å². The van der Waals surface area contributed by atoms with Crippen molar-refractivity contribution in [2.24, 2.45) is 0 Å². The van der Waals surface area contributed by atoms with Crippen LogP contribution in [0, 0.1) is 0 Å². The second kappa shape index (κ2) is 5.84. The van der Waals surface area contributed by atoms with E-state index < -0.39 is 0 Å². The van der Waals surface area contributed by atoms with Crippen molar-refractivity contribution in [2.75, 3.05) is 5.73 Å². The van der Waals surface area contributed by atoms with E-state index in [1.54, 1.807) is 18.2 Å². The Labute approximate surface area is 116 Å². The molecule has 19 heavy (non-hydrogen) atoms.